The first kappa shape index (κ1) is 9.83. The molecule has 1 heteroatoms. The molecule has 0 aliphatic carbocycles. The number of aliphatic hydroxyl groups is 1. The highest BCUT2D eigenvalue weighted by molar-refractivity contribution is 5.15. The minimum Gasteiger partial charge on any atom is -0.380 e. The van der Waals surface area contributed by atoms with E-state index >= 15 is 0 Å². The van der Waals surface area contributed by atoms with E-state index in [9.17, 15) is 5.11 Å². The van der Waals surface area contributed by atoms with Crippen molar-refractivity contribution in [2.45, 2.75) is 25.9 Å². The van der Waals surface area contributed by atoms with Crippen molar-refractivity contribution < 1.29 is 5.11 Å². The summed E-state index contributed by atoms with van der Waals surface area (Å²) >= 11 is 0. The fourth-order valence-corrected chi connectivity index (χ4v) is 1.19. The van der Waals surface area contributed by atoms with Crippen molar-refractivity contribution in [3.8, 4) is 11.8 Å². The Morgan fingerprint density at radius 2 is 2.00 bits per heavy atom. The molecule has 1 aromatic carbocycles. The van der Waals surface area contributed by atoms with E-state index in [2.05, 4.69) is 24.0 Å². The molecule has 0 spiro atoms. The van der Waals surface area contributed by atoms with Crippen molar-refractivity contribution >= 4 is 0 Å². The predicted molar refractivity (Wildman–Crippen MR) is 54.2 cm³/mol. The monoisotopic (exact) mass is 174 g/mol. The highest BCUT2D eigenvalue weighted by Gasteiger charge is 1.98. The maximum absolute atomic E-state index is 9.34. The van der Waals surface area contributed by atoms with Crippen LogP contribution in [0.1, 0.15) is 18.9 Å². The smallest absolute Gasteiger partial charge is 0.115 e. The molecule has 0 aromatic heterocycles. The second-order valence-electron chi connectivity index (χ2n) is 2.93. The minimum atomic E-state index is -0.481. The van der Waals surface area contributed by atoms with Crippen LogP contribution in [0.15, 0.2) is 30.3 Å². The molecule has 0 radical (unpaired) electrons. The topological polar surface area (TPSA) is 20.2 Å². The maximum Gasteiger partial charge on any atom is 0.115 e. The van der Waals surface area contributed by atoms with E-state index < -0.39 is 6.10 Å². The Morgan fingerprint density at radius 3 is 2.62 bits per heavy atom. The SMILES string of the molecule is CC#C[C@H](O)CCc1ccccc1. The van der Waals surface area contributed by atoms with E-state index in [0.29, 0.717) is 6.42 Å². The summed E-state index contributed by atoms with van der Waals surface area (Å²) in [5.41, 5.74) is 1.25. The number of hydrogen-bond donors (Lipinski definition) is 1. The van der Waals surface area contributed by atoms with Crippen molar-refractivity contribution in [2.75, 3.05) is 0 Å². The molecule has 1 atom stereocenters. The summed E-state index contributed by atoms with van der Waals surface area (Å²) in [5.74, 6) is 5.43. The van der Waals surface area contributed by atoms with Gasteiger partial charge in [-0.3, -0.25) is 0 Å². The maximum atomic E-state index is 9.34. The summed E-state index contributed by atoms with van der Waals surface area (Å²) < 4.78 is 0. The average Bonchev–Trinajstić information content (AvgIpc) is 2.17. The summed E-state index contributed by atoms with van der Waals surface area (Å²) in [7, 11) is 0. The molecule has 0 saturated carbocycles. The van der Waals surface area contributed by atoms with Crippen LogP contribution in [0.4, 0.5) is 0 Å². The van der Waals surface area contributed by atoms with Gasteiger partial charge < -0.3 is 5.11 Å². The van der Waals surface area contributed by atoms with E-state index in [4.69, 9.17) is 0 Å². The quantitative estimate of drug-likeness (QED) is 0.695. The first-order chi connectivity index (χ1) is 6.33. The third kappa shape index (κ3) is 3.78. The lowest BCUT2D eigenvalue weighted by molar-refractivity contribution is 0.222. The Morgan fingerprint density at radius 1 is 1.31 bits per heavy atom. The molecule has 0 aliphatic heterocycles. The molecule has 1 nitrogen and oxygen atoms in total. The molecule has 0 saturated heterocycles. The lowest BCUT2D eigenvalue weighted by Crippen LogP contribution is -2.04. The molecule has 1 N–H and O–H groups in total. The lowest BCUT2D eigenvalue weighted by atomic mass is 10.1. The van der Waals surface area contributed by atoms with Crippen molar-refractivity contribution in [3.05, 3.63) is 35.9 Å². The van der Waals surface area contributed by atoms with E-state index in [1.807, 2.05) is 18.2 Å². The van der Waals surface area contributed by atoms with Crippen LogP contribution in [-0.2, 0) is 6.42 Å². The van der Waals surface area contributed by atoms with E-state index in [-0.39, 0.29) is 0 Å². The first-order valence-corrected chi connectivity index (χ1v) is 4.47. The number of benzene rings is 1. The Kier molecular flexibility index (Phi) is 4.08. The molecule has 13 heavy (non-hydrogen) atoms. The summed E-state index contributed by atoms with van der Waals surface area (Å²) in [5, 5.41) is 9.34. The van der Waals surface area contributed by atoms with Crippen LogP contribution in [0.3, 0.4) is 0 Å². The number of hydrogen-bond acceptors (Lipinski definition) is 1. The van der Waals surface area contributed by atoms with Gasteiger partial charge in [-0.2, -0.15) is 0 Å². The van der Waals surface area contributed by atoms with Crippen LogP contribution in [-0.4, -0.2) is 11.2 Å². The van der Waals surface area contributed by atoms with Crippen LogP contribution in [0.25, 0.3) is 0 Å². The highest BCUT2D eigenvalue weighted by Crippen LogP contribution is 2.04. The number of aryl methyl sites for hydroxylation is 1. The fraction of sp³-hybridized carbons (Fsp3) is 0.333. The van der Waals surface area contributed by atoms with Gasteiger partial charge >= 0.3 is 0 Å². The average molecular weight is 174 g/mol. The van der Waals surface area contributed by atoms with Gasteiger partial charge in [-0.05, 0) is 25.3 Å². The molecule has 68 valence electrons. The molecule has 1 aromatic rings. The molecule has 0 bridgehead atoms. The summed E-state index contributed by atoms with van der Waals surface area (Å²) in [6.07, 6.45) is 1.12. The van der Waals surface area contributed by atoms with Gasteiger partial charge in [0, 0.05) is 0 Å². The lowest BCUT2D eigenvalue weighted by Gasteiger charge is -2.02. The van der Waals surface area contributed by atoms with Crippen LogP contribution >= 0.6 is 0 Å². The van der Waals surface area contributed by atoms with Gasteiger partial charge in [0.05, 0.1) is 0 Å². The van der Waals surface area contributed by atoms with Gasteiger partial charge in [0.1, 0.15) is 6.10 Å². The Hall–Kier alpha value is -1.26. The molecule has 0 heterocycles. The Bertz CT molecular complexity index is 292. The van der Waals surface area contributed by atoms with Gasteiger partial charge in [0.15, 0.2) is 0 Å². The zero-order valence-electron chi connectivity index (χ0n) is 7.83. The summed E-state index contributed by atoms with van der Waals surface area (Å²) in [4.78, 5) is 0. The van der Waals surface area contributed by atoms with E-state index in [0.717, 1.165) is 6.42 Å². The summed E-state index contributed by atoms with van der Waals surface area (Å²) in [6.45, 7) is 1.74. The second kappa shape index (κ2) is 5.40. The van der Waals surface area contributed by atoms with Crippen molar-refractivity contribution in [3.63, 3.8) is 0 Å². The first-order valence-electron chi connectivity index (χ1n) is 4.47. The van der Waals surface area contributed by atoms with Gasteiger partial charge in [0.2, 0.25) is 0 Å². The molecular formula is C12H14O. The number of rotatable bonds is 3. The van der Waals surface area contributed by atoms with Crippen LogP contribution < -0.4 is 0 Å². The Labute approximate surface area is 79.4 Å². The number of aliphatic hydroxyl groups excluding tert-OH is 1. The van der Waals surface area contributed by atoms with Crippen molar-refractivity contribution in [1.82, 2.24) is 0 Å². The van der Waals surface area contributed by atoms with Gasteiger partial charge in [-0.15, -0.1) is 5.92 Å². The largest absolute Gasteiger partial charge is 0.380 e. The zero-order chi connectivity index (χ0) is 9.52. The summed E-state index contributed by atoms with van der Waals surface area (Å²) in [6, 6.07) is 10.1. The minimum absolute atomic E-state index is 0.481. The van der Waals surface area contributed by atoms with Crippen LogP contribution in [0, 0.1) is 11.8 Å². The van der Waals surface area contributed by atoms with Crippen molar-refractivity contribution in [1.29, 1.82) is 0 Å². The molecule has 0 amide bonds. The fourth-order valence-electron chi connectivity index (χ4n) is 1.19. The van der Waals surface area contributed by atoms with Crippen molar-refractivity contribution in [2.24, 2.45) is 0 Å². The van der Waals surface area contributed by atoms with E-state index in [1.165, 1.54) is 5.56 Å². The molecule has 0 unspecified atom stereocenters. The zero-order valence-corrected chi connectivity index (χ0v) is 7.83. The third-order valence-corrected chi connectivity index (χ3v) is 1.86. The van der Waals surface area contributed by atoms with Crippen LogP contribution in [0.5, 0.6) is 0 Å². The van der Waals surface area contributed by atoms with Gasteiger partial charge in [0.25, 0.3) is 0 Å². The van der Waals surface area contributed by atoms with Gasteiger partial charge in [-0.1, -0.05) is 36.3 Å². The predicted octanol–water partition coefficient (Wildman–Crippen LogP) is 2.00. The second-order valence-corrected chi connectivity index (χ2v) is 2.93. The molecular weight excluding hydrogens is 160 g/mol. The van der Waals surface area contributed by atoms with E-state index in [1.54, 1.807) is 6.92 Å². The molecule has 1 rings (SSSR count). The normalized spacial score (nSPS) is 11.5. The van der Waals surface area contributed by atoms with Gasteiger partial charge in [-0.25, -0.2) is 0 Å². The van der Waals surface area contributed by atoms with Crippen LogP contribution in [0.2, 0.25) is 0 Å². The standard InChI is InChI=1S/C12H14O/c1-2-6-12(13)10-9-11-7-4-3-5-8-11/h3-5,7-8,12-13H,9-10H2,1H3/t12-/m0/s1. The highest BCUT2D eigenvalue weighted by atomic mass is 16.3. The third-order valence-electron chi connectivity index (χ3n) is 1.86. The molecule has 0 fully saturated rings. The Balaban J connectivity index is 2.38. The molecule has 0 aliphatic rings.